The number of fused-ring (bicyclic) bond motifs is 1. The summed E-state index contributed by atoms with van der Waals surface area (Å²) in [6.07, 6.45) is 4.32. The zero-order valence-corrected chi connectivity index (χ0v) is 14.4. The van der Waals surface area contributed by atoms with Gasteiger partial charge >= 0.3 is 5.97 Å². The molecule has 0 aromatic carbocycles. The van der Waals surface area contributed by atoms with Crippen molar-refractivity contribution < 1.29 is 14.3 Å². The molecule has 2 aromatic heterocycles. The fourth-order valence-corrected chi connectivity index (χ4v) is 3.06. The molecule has 0 bridgehead atoms. The Morgan fingerprint density at radius 3 is 2.78 bits per heavy atom. The van der Waals surface area contributed by atoms with Crippen LogP contribution in [0.25, 0.3) is 5.52 Å². The van der Waals surface area contributed by atoms with Crippen molar-refractivity contribution in [3.05, 3.63) is 34.6 Å². The Hall–Kier alpha value is -1.68. The molecule has 2 aromatic rings. The van der Waals surface area contributed by atoms with E-state index in [9.17, 15) is 4.79 Å². The van der Waals surface area contributed by atoms with Crippen LogP contribution in [-0.4, -0.2) is 23.6 Å². The maximum absolute atomic E-state index is 12.2. The second kappa shape index (κ2) is 6.83. The third-order valence-electron chi connectivity index (χ3n) is 4.11. The molecule has 0 aliphatic heterocycles. The van der Waals surface area contributed by atoms with Gasteiger partial charge < -0.3 is 13.9 Å². The Morgan fingerprint density at radius 1 is 1.35 bits per heavy atom. The number of pyridine rings is 1. The number of carbonyl (C=O) groups is 1. The van der Waals surface area contributed by atoms with E-state index in [0.29, 0.717) is 35.6 Å². The number of nitrogens with zero attached hydrogens (tertiary/aromatic N) is 1. The van der Waals surface area contributed by atoms with Gasteiger partial charge in [0.2, 0.25) is 0 Å². The van der Waals surface area contributed by atoms with Gasteiger partial charge in [0, 0.05) is 5.69 Å². The van der Waals surface area contributed by atoms with Crippen molar-refractivity contribution in [2.75, 3.05) is 13.2 Å². The minimum absolute atomic E-state index is 0.299. The Bertz CT molecular complexity index is 719. The number of hydrogen-bond donors (Lipinski definition) is 0. The molecule has 3 rings (SSSR count). The summed E-state index contributed by atoms with van der Waals surface area (Å²) in [6, 6.07) is 5.66. The van der Waals surface area contributed by atoms with Crippen molar-refractivity contribution in [1.82, 2.24) is 4.40 Å². The molecule has 0 N–H and O–H groups in total. The molecule has 1 fully saturated rings. The molecule has 0 radical (unpaired) electrons. The summed E-state index contributed by atoms with van der Waals surface area (Å²) in [4.78, 5) is 12.2. The van der Waals surface area contributed by atoms with Gasteiger partial charge in [-0.1, -0.05) is 24.9 Å². The predicted molar refractivity (Wildman–Crippen MR) is 90.7 cm³/mol. The highest BCUT2D eigenvalue weighted by Gasteiger charge is 2.30. The molecule has 2 heterocycles. The van der Waals surface area contributed by atoms with Gasteiger partial charge in [0.15, 0.2) is 10.9 Å². The van der Waals surface area contributed by atoms with Crippen LogP contribution in [0.1, 0.15) is 61.5 Å². The third kappa shape index (κ3) is 3.18. The molecule has 124 valence electrons. The Kier molecular flexibility index (Phi) is 4.81. The van der Waals surface area contributed by atoms with Crippen molar-refractivity contribution in [3.63, 3.8) is 0 Å². The molecule has 1 aliphatic rings. The average molecular weight is 336 g/mol. The minimum Gasteiger partial charge on any atom is -0.490 e. The van der Waals surface area contributed by atoms with E-state index in [0.717, 1.165) is 36.9 Å². The molecule has 23 heavy (non-hydrogen) atoms. The maximum atomic E-state index is 12.2. The highest BCUT2D eigenvalue weighted by molar-refractivity contribution is 6.31. The van der Waals surface area contributed by atoms with Gasteiger partial charge in [-0.2, -0.15) is 0 Å². The number of esters is 1. The van der Waals surface area contributed by atoms with E-state index in [4.69, 9.17) is 21.1 Å². The van der Waals surface area contributed by atoms with Crippen LogP contribution < -0.4 is 4.74 Å². The number of hydrogen-bond acceptors (Lipinski definition) is 3. The molecule has 0 unspecified atom stereocenters. The molecule has 4 nitrogen and oxygen atoms in total. The zero-order chi connectivity index (χ0) is 16.4. The first-order chi connectivity index (χ1) is 11.2. The van der Waals surface area contributed by atoms with Crippen LogP contribution in [-0.2, 0) is 4.74 Å². The van der Waals surface area contributed by atoms with Gasteiger partial charge in [-0.3, -0.25) is 0 Å². The third-order valence-corrected chi connectivity index (χ3v) is 4.46. The zero-order valence-electron chi connectivity index (χ0n) is 13.6. The van der Waals surface area contributed by atoms with E-state index in [-0.39, 0.29) is 5.97 Å². The second-order valence-corrected chi connectivity index (χ2v) is 6.25. The van der Waals surface area contributed by atoms with Gasteiger partial charge in [-0.25, -0.2) is 4.79 Å². The highest BCUT2D eigenvalue weighted by atomic mass is 35.5. The number of ether oxygens (including phenoxy) is 2. The SMILES string of the molecule is CCCCOc1ccc2c(C(=O)OCC)cc(C3CC3)n2c1Cl. The van der Waals surface area contributed by atoms with Crippen LogP contribution in [0, 0.1) is 0 Å². The summed E-state index contributed by atoms with van der Waals surface area (Å²) in [6.45, 7) is 4.94. The lowest BCUT2D eigenvalue weighted by atomic mass is 10.2. The largest absolute Gasteiger partial charge is 0.490 e. The number of unbranched alkanes of at least 4 members (excludes halogenated alkanes) is 1. The number of carbonyl (C=O) groups excluding carboxylic acids is 1. The number of rotatable bonds is 7. The Balaban J connectivity index is 2.04. The summed E-state index contributed by atoms with van der Waals surface area (Å²) in [5.41, 5.74) is 2.45. The van der Waals surface area contributed by atoms with Crippen molar-refractivity contribution >= 4 is 23.1 Å². The molecule has 1 aliphatic carbocycles. The predicted octanol–water partition coefficient (Wildman–Crippen LogP) is 4.83. The normalized spacial score (nSPS) is 14.2. The molecule has 0 spiro atoms. The highest BCUT2D eigenvalue weighted by Crippen LogP contribution is 2.43. The van der Waals surface area contributed by atoms with Crippen molar-refractivity contribution in [2.24, 2.45) is 0 Å². The van der Waals surface area contributed by atoms with E-state index in [1.165, 1.54) is 0 Å². The lowest BCUT2D eigenvalue weighted by Crippen LogP contribution is -2.04. The fraction of sp³-hybridized carbons (Fsp3) is 0.500. The smallest absolute Gasteiger partial charge is 0.340 e. The van der Waals surface area contributed by atoms with Crippen LogP contribution in [0.15, 0.2) is 18.2 Å². The van der Waals surface area contributed by atoms with Gasteiger partial charge in [-0.15, -0.1) is 0 Å². The summed E-state index contributed by atoms with van der Waals surface area (Å²) in [7, 11) is 0. The van der Waals surface area contributed by atoms with E-state index in [1.54, 1.807) is 0 Å². The van der Waals surface area contributed by atoms with Crippen molar-refractivity contribution in [2.45, 2.75) is 45.4 Å². The summed E-state index contributed by atoms with van der Waals surface area (Å²) < 4.78 is 12.9. The molecular weight excluding hydrogens is 314 g/mol. The molecule has 5 heteroatoms. The van der Waals surface area contributed by atoms with E-state index >= 15 is 0 Å². The Morgan fingerprint density at radius 2 is 2.13 bits per heavy atom. The second-order valence-electron chi connectivity index (χ2n) is 5.89. The van der Waals surface area contributed by atoms with Crippen LogP contribution in [0.5, 0.6) is 5.75 Å². The lowest BCUT2D eigenvalue weighted by molar-refractivity contribution is 0.0529. The fourth-order valence-electron chi connectivity index (χ4n) is 2.75. The van der Waals surface area contributed by atoms with Gasteiger partial charge in [0.1, 0.15) is 0 Å². The monoisotopic (exact) mass is 335 g/mol. The van der Waals surface area contributed by atoms with Gasteiger partial charge in [0.25, 0.3) is 0 Å². The first-order valence-corrected chi connectivity index (χ1v) is 8.68. The molecule has 0 saturated heterocycles. The summed E-state index contributed by atoms with van der Waals surface area (Å²) in [5, 5.41) is 0.538. The van der Waals surface area contributed by atoms with Crippen molar-refractivity contribution in [1.29, 1.82) is 0 Å². The average Bonchev–Trinajstić information content (AvgIpc) is 3.30. The Labute approximate surface area is 141 Å². The van der Waals surface area contributed by atoms with E-state index < -0.39 is 0 Å². The summed E-state index contributed by atoms with van der Waals surface area (Å²) >= 11 is 6.58. The first-order valence-electron chi connectivity index (χ1n) is 8.31. The number of halogens is 1. The molecule has 0 atom stereocenters. The standard InChI is InChI=1S/C18H22ClNO3/c1-3-5-10-23-16-9-8-14-13(18(21)22-4-2)11-15(12-6-7-12)20(14)17(16)19/h8-9,11-12H,3-7,10H2,1-2H3. The quantitative estimate of drug-likeness (QED) is 0.413. The van der Waals surface area contributed by atoms with Crippen LogP contribution in [0.4, 0.5) is 0 Å². The van der Waals surface area contributed by atoms with E-state index in [1.807, 2.05) is 29.5 Å². The molecule has 0 amide bonds. The maximum Gasteiger partial charge on any atom is 0.340 e. The van der Waals surface area contributed by atoms with Crippen LogP contribution in [0.3, 0.4) is 0 Å². The lowest BCUT2D eigenvalue weighted by Gasteiger charge is -2.11. The van der Waals surface area contributed by atoms with Crippen LogP contribution in [0.2, 0.25) is 5.15 Å². The topological polar surface area (TPSA) is 39.9 Å². The molecule has 1 saturated carbocycles. The van der Waals surface area contributed by atoms with Crippen LogP contribution >= 0.6 is 11.6 Å². The first kappa shape index (κ1) is 16.2. The molecular formula is C18H22ClNO3. The van der Waals surface area contributed by atoms with E-state index in [2.05, 4.69) is 6.92 Å². The minimum atomic E-state index is -0.299. The van der Waals surface area contributed by atoms with Gasteiger partial charge in [0.05, 0.1) is 24.3 Å². The number of aromatic nitrogens is 1. The van der Waals surface area contributed by atoms with Crippen molar-refractivity contribution in [3.8, 4) is 5.75 Å². The van der Waals surface area contributed by atoms with Gasteiger partial charge in [-0.05, 0) is 50.3 Å². The summed E-state index contributed by atoms with van der Waals surface area (Å²) in [5.74, 6) is 0.835.